The van der Waals surface area contributed by atoms with Gasteiger partial charge in [-0.25, -0.2) is 0 Å². The molecule has 0 saturated carbocycles. The van der Waals surface area contributed by atoms with Crippen molar-refractivity contribution in [1.82, 2.24) is 0 Å². The van der Waals surface area contributed by atoms with Crippen LogP contribution in [0.15, 0.2) is 30.3 Å². The van der Waals surface area contributed by atoms with Crippen molar-refractivity contribution in [2.75, 3.05) is 19.4 Å². The fourth-order valence-electron chi connectivity index (χ4n) is 2.11. The van der Waals surface area contributed by atoms with E-state index in [1.165, 1.54) is 6.92 Å². The Morgan fingerprint density at radius 1 is 1.19 bits per heavy atom. The van der Waals surface area contributed by atoms with Gasteiger partial charge in [-0.2, -0.15) is 0 Å². The van der Waals surface area contributed by atoms with E-state index in [1.54, 1.807) is 38.1 Å². The normalized spacial score (nSPS) is 14.7. The minimum absolute atomic E-state index is 0.125. The van der Waals surface area contributed by atoms with E-state index >= 15 is 0 Å². The molecule has 0 heterocycles. The Morgan fingerprint density at radius 2 is 1.71 bits per heavy atom. The van der Waals surface area contributed by atoms with E-state index in [9.17, 15) is 14.5 Å². The zero-order valence-electron chi connectivity index (χ0n) is 12.7. The Labute approximate surface area is 125 Å². The molecule has 0 amide bonds. The molecule has 0 saturated heterocycles. The summed E-state index contributed by atoms with van der Waals surface area (Å²) in [6.07, 6.45) is -1.15. The van der Waals surface area contributed by atoms with Crippen LogP contribution >= 0.6 is 7.60 Å². The SMILES string of the molecule is CCOP(=O)(C[C@H](C(C)=O)[C@@H](O)c1ccccc1)OCC. The predicted octanol–water partition coefficient (Wildman–Crippen LogP) is 3.19. The minimum Gasteiger partial charge on any atom is -0.388 e. The summed E-state index contributed by atoms with van der Waals surface area (Å²) in [7, 11) is -3.38. The summed E-state index contributed by atoms with van der Waals surface area (Å²) in [5.74, 6) is -1.07. The van der Waals surface area contributed by atoms with E-state index in [0.29, 0.717) is 5.56 Å². The van der Waals surface area contributed by atoms with Gasteiger partial charge in [-0.15, -0.1) is 0 Å². The van der Waals surface area contributed by atoms with Crippen LogP contribution in [0.4, 0.5) is 0 Å². The van der Waals surface area contributed by atoms with Gasteiger partial charge in [-0.05, 0) is 26.3 Å². The largest absolute Gasteiger partial charge is 0.388 e. The molecule has 0 aromatic heterocycles. The smallest absolute Gasteiger partial charge is 0.331 e. The van der Waals surface area contributed by atoms with Crippen molar-refractivity contribution in [1.29, 1.82) is 0 Å². The molecule has 0 unspecified atom stereocenters. The van der Waals surface area contributed by atoms with Gasteiger partial charge >= 0.3 is 7.60 Å². The molecule has 0 bridgehead atoms. The van der Waals surface area contributed by atoms with E-state index < -0.39 is 19.6 Å². The Balaban J connectivity index is 2.96. The van der Waals surface area contributed by atoms with Crippen LogP contribution in [0.25, 0.3) is 0 Å². The number of aliphatic hydroxyl groups excluding tert-OH is 1. The predicted molar refractivity (Wildman–Crippen MR) is 81.3 cm³/mol. The molecule has 0 aliphatic carbocycles. The number of rotatable bonds is 9. The second kappa shape index (κ2) is 8.44. The molecule has 118 valence electrons. The third-order valence-corrected chi connectivity index (χ3v) is 5.26. The molecule has 0 radical (unpaired) electrons. The minimum atomic E-state index is -3.38. The number of aliphatic hydroxyl groups is 1. The van der Waals surface area contributed by atoms with Crippen molar-refractivity contribution in [3.63, 3.8) is 0 Å². The zero-order valence-corrected chi connectivity index (χ0v) is 13.6. The molecule has 0 fully saturated rings. The van der Waals surface area contributed by atoms with Crippen molar-refractivity contribution in [3.05, 3.63) is 35.9 Å². The van der Waals surface area contributed by atoms with Gasteiger partial charge in [0.05, 0.1) is 31.4 Å². The molecule has 1 aromatic carbocycles. The van der Waals surface area contributed by atoms with Crippen LogP contribution in [0.5, 0.6) is 0 Å². The van der Waals surface area contributed by atoms with E-state index in [0.717, 1.165) is 0 Å². The van der Waals surface area contributed by atoms with Crippen LogP contribution in [0.3, 0.4) is 0 Å². The van der Waals surface area contributed by atoms with Crippen LogP contribution in [-0.4, -0.2) is 30.3 Å². The number of carbonyl (C=O) groups is 1. The summed E-state index contributed by atoms with van der Waals surface area (Å²) in [5, 5.41) is 10.4. The van der Waals surface area contributed by atoms with E-state index in [-0.39, 0.29) is 25.2 Å². The molecule has 6 heteroatoms. The van der Waals surface area contributed by atoms with Gasteiger partial charge in [-0.1, -0.05) is 30.3 Å². The average Bonchev–Trinajstić information content (AvgIpc) is 2.45. The van der Waals surface area contributed by atoms with Crippen LogP contribution in [0, 0.1) is 5.92 Å². The second-order valence-corrected chi connectivity index (χ2v) is 6.81. The third kappa shape index (κ3) is 5.36. The van der Waals surface area contributed by atoms with Crippen LogP contribution in [-0.2, 0) is 18.4 Å². The van der Waals surface area contributed by atoms with Crippen molar-refractivity contribution < 1.29 is 23.5 Å². The highest BCUT2D eigenvalue weighted by molar-refractivity contribution is 7.53. The standard InChI is InChI=1S/C15H23O5P/c1-4-19-21(18,20-5-2)11-14(12(3)16)15(17)13-9-7-6-8-10-13/h6-10,14-15,17H,4-5,11H2,1-3H3/t14-,15+/m1/s1. The number of Topliss-reactive ketones (excluding diaryl/α,β-unsaturated/α-hetero) is 1. The lowest BCUT2D eigenvalue weighted by Gasteiger charge is -2.25. The van der Waals surface area contributed by atoms with Gasteiger partial charge in [0.2, 0.25) is 0 Å². The molecule has 2 atom stereocenters. The van der Waals surface area contributed by atoms with Crippen LogP contribution in [0.2, 0.25) is 0 Å². The lowest BCUT2D eigenvalue weighted by Crippen LogP contribution is -2.25. The topological polar surface area (TPSA) is 72.8 Å². The van der Waals surface area contributed by atoms with Crippen molar-refractivity contribution >= 4 is 13.4 Å². The first-order chi connectivity index (χ1) is 9.93. The second-order valence-electron chi connectivity index (χ2n) is 4.70. The summed E-state index contributed by atoms with van der Waals surface area (Å²) in [6, 6.07) is 8.84. The summed E-state index contributed by atoms with van der Waals surface area (Å²) in [4.78, 5) is 11.9. The third-order valence-electron chi connectivity index (χ3n) is 3.12. The Kier molecular flexibility index (Phi) is 7.26. The van der Waals surface area contributed by atoms with Gasteiger partial charge in [0.15, 0.2) is 0 Å². The maximum absolute atomic E-state index is 12.6. The lowest BCUT2D eigenvalue weighted by molar-refractivity contribution is -0.123. The molecule has 1 N–H and O–H groups in total. The molecule has 0 aliphatic rings. The van der Waals surface area contributed by atoms with Crippen LogP contribution in [0.1, 0.15) is 32.4 Å². The number of ketones is 1. The molecule has 1 rings (SSSR count). The maximum Gasteiger partial charge on any atom is 0.331 e. The molecule has 5 nitrogen and oxygen atoms in total. The van der Waals surface area contributed by atoms with Gasteiger partial charge < -0.3 is 14.2 Å². The first kappa shape index (κ1) is 18.1. The fraction of sp³-hybridized carbons (Fsp3) is 0.533. The average molecular weight is 314 g/mol. The fourth-order valence-corrected chi connectivity index (χ4v) is 4.12. The molecular formula is C15H23O5P. The molecular weight excluding hydrogens is 291 g/mol. The Morgan fingerprint density at radius 3 is 2.14 bits per heavy atom. The number of hydrogen-bond donors (Lipinski definition) is 1. The monoisotopic (exact) mass is 314 g/mol. The number of benzene rings is 1. The van der Waals surface area contributed by atoms with E-state index in [2.05, 4.69) is 0 Å². The summed E-state index contributed by atoms with van der Waals surface area (Å²) in [6.45, 7) is 5.25. The van der Waals surface area contributed by atoms with Crippen molar-refractivity contribution in [2.24, 2.45) is 5.92 Å². The van der Waals surface area contributed by atoms with Gasteiger partial charge in [-0.3, -0.25) is 9.36 Å². The molecule has 0 aliphatic heterocycles. The van der Waals surface area contributed by atoms with E-state index in [1.807, 2.05) is 6.07 Å². The Hall–Kier alpha value is -1.00. The molecule has 21 heavy (non-hydrogen) atoms. The summed E-state index contributed by atoms with van der Waals surface area (Å²) >= 11 is 0. The summed E-state index contributed by atoms with van der Waals surface area (Å²) in [5.41, 5.74) is 0.609. The van der Waals surface area contributed by atoms with Crippen LogP contribution < -0.4 is 0 Å². The van der Waals surface area contributed by atoms with Crippen molar-refractivity contribution in [2.45, 2.75) is 26.9 Å². The highest BCUT2D eigenvalue weighted by atomic mass is 31.2. The zero-order chi connectivity index (χ0) is 15.9. The molecule has 0 spiro atoms. The number of carbonyl (C=O) groups excluding carboxylic acids is 1. The Bertz CT molecular complexity index is 478. The molecule has 1 aromatic rings. The highest BCUT2D eigenvalue weighted by Crippen LogP contribution is 2.51. The quantitative estimate of drug-likeness (QED) is 0.709. The first-order valence-electron chi connectivity index (χ1n) is 7.05. The van der Waals surface area contributed by atoms with Gasteiger partial charge in [0, 0.05) is 0 Å². The van der Waals surface area contributed by atoms with Crippen molar-refractivity contribution in [3.8, 4) is 0 Å². The maximum atomic E-state index is 12.6. The van der Waals surface area contributed by atoms with Gasteiger partial charge in [0.1, 0.15) is 5.78 Å². The van der Waals surface area contributed by atoms with Gasteiger partial charge in [0.25, 0.3) is 0 Å². The van der Waals surface area contributed by atoms with E-state index in [4.69, 9.17) is 9.05 Å². The summed E-state index contributed by atoms with van der Waals surface area (Å²) < 4.78 is 23.0. The highest BCUT2D eigenvalue weighted by Gasteiger charge is 2.35. The first-order valence-corrected chi connectivity index (χ1v) is 8.78. The number of hydrogen-bond acceptors (Lipinski definition) is 5. The lowest BCUT2D eigenvalue weighted by atomic mass is 9.94.